The van der Waals surface area contributed by atoms with Crippen molar-refractivity contribution in [3.63, 3.8) is 0 Å². The molecule has 1 aliphatic rings. The van der Waals surface area contributed by atoms with E-state index in [4.69, 9.17) is 11.6 Å². The molecule has 3 rings (SSSR count). The minimum absolute atomic E-state index is 0.255. The highest BCUT2D eigenvalue weighted by molar-refractivity contribution is 9.10. The van der Waals surface area contributed by atoms with Crippen molar-refractivity contribution in [3.05, 3.63) is 75.0 Å². The molecule has 24 heavy (non-hydrogen) atoms. The molecule has 1 amide bonds. The van der Waals surface area contributed by atoms with Crippen molar-refractivity contribution in [2.24, 2.45) is 4.99 Å². The van der Waals surface area contributed by atoms with Gasteiger partial charge >= 0.3 is 0 Å². The summed E-state index contributed by atoms with van der Waals surface area (Å²) >= 11 is 9.86. The Kier molecular flexibility index (Phi) is 4.73. The van der Waals surface area contributed by atoms with E-state index in [-0.39, 0.29) is 5.91 Å². The zero-order chi connectivity index (χ0) is 17.3. The Hall–Kier alpha value is -2.11. The van der Waals surface area contributed by atoms with E-state index in [0.717, 1.165) is 15.6 Å². The van der Waals surface area contributed by atoms with E-state index in [9.17, 15) is 4.79 Å². The first-order valence-corrected chi connectivity index (χ1v) is 8.46. The molecule has 0 spiro atoms. The number of benzene rings is 2. The summed E-state index contributed by atoms with van der Waals surface area (Å²) in [4.78, 5) is 18.9. The van der Waals surface area contributed by atoms with Gasteiger partial charge in [-0.15, -0.1) is 0 Å². The molecule has 2 aromatic carbocycles. The third kappa shape index (κ3) is 3.37. The van der Waals surface area contributed by atoms with E-state index < -0.39 is 0 Å². The molecule has 6 heteroatoms. The van der Waals surface area contributed by atoms with Gasteiger partial charge in [-0.05, 0) is 24.3 Å². The Morgan fingerprint density at radius 3 is 2.62 bits per heavy atom. The van der Waals surface area contributed by atoms with Crippen LogP contribution in [-0.2, 0) is 4.79 Å². The predicted octanol–water partition coefficient (Wildman–Crippen LogP) is 4.30. The summed E-state index contributed by atoms with van der Waals surface area (Å²) in [6.45, 7) is 0. The second-order valence-electron chi connectivity index (χ2n) is 5.56. The molecule has 1 N–H and O–H groups in total. The zero-order valence-corrected chi connectivity index (χ0v) is 15.5. The van der Waals surface area contributed by atoms with Crippen LogP contribution in [-0.4, -0.2) is 30.6 Å². The van der Waals surface area contributed by atoms with Crippen LogP contribution in [0.2, 0.25) is 5.02 Å². The Morgan fingerprint density at radius 2 is 1.92 bits per heavy atom. The molecular formula is C18H15BrClN3O. The quantitative estimate of drug-likeness (QED) is 0.759. The number of hydrogen-bond donors (Lipinski definition) is 1. The molecule has 0 fully saturated rings. The van der Waals surface area contributed by atoms with E-state index in [0.29, 0.717) is 22.1 Å². The Morgan fingerprint density at radius 1 is 1.17 bits per heavy atom. The molecule has 0 saturated carbocycles. The Bertz CT molecular complexity index is 874. The summed E-state index contributed by atoms with van der Waals surface area (Å²) in [5.41, 5.74) is 3.27. The van der Waals surface area contributed by atoms with Gasteiger partial charge in [0.05, 0.1) is 11.4 Å². The monoisotopic (exact) mass is 403 g/mol. The van der Waals surface area contributed by atoms with Gasteiger partial charge in [0.1, 0.15) is 5.70 Å². The SMILES string of the molecule is CN(C)C=C1N=C(c2ccccc2Cl)c2cc(Br)ccc2NC1=O. The third-order valence-corrected chi connectivity index (χ3v) is 4.28. The molecule has 4 nitrogen and oxygen atoms in total. The van der Waals surface area contributed by atoms with Crippen molar-refractivity contribution in [3.8, 4) is 0 Å². The number of benzodiazepines with no additional fused rings is 1. The summed E-state index contributed by atoms with van der Waals surface area (Å²) in [5, 5.41) is 3.50. The lowest BCUT2D eigenvalue weighted by molar-refractivity contribution is -0.112. The second-order valence-corrected chi connectivity index (χ2v) is 6.89. The fourth-order valence-electron chi connectivity index (χ4n) is 2.43. The standard InChI is InChI=1S/C18H15BrClN3O/c1-23(2)10-16-18(24)22-15-8-7-11(19)9-13(15)17(21-16)12-5-3-4-6-14(12)20/h3-10H,1-2H3,(H,22,24). The van der Waals surface area contributed by atoms with Gasteiger partial charge in [0.15, 0.2) is 0 Å². The van der Waals surface area contributed by atoms with E-state index in [1.807, 2.05) is 56.6 Å². The fourth-order valence-corrected chi connectivity index (χ4v) is 3.02. The molecule has 122 valence electrons. The summed E-state index contributed by atoms with van der Waals surface area (Å²) in [6.07, 6.45) is 1.69. The highest BCUT2D eigenvalue weighted by Gasteiger charge is 2.23. The van der Waals surface area contributed by atoms with Crippen LogP contribution in [0.1, 0.15) is 11.1 Å². The van der Waals surface area contributed by atoms with Crippen molar-refractivity contribution in [1.82, 2.24) is 4.90 Å². The average molecular weight is 405 g/mol. The van der Waals surface area contributed by atoms with Crippen LogP contribution < -0.4 is 5.32 Å². The number of nitrogens with one attached hydrogen (secondary N) is 1. The first-order valence-electron chi connectivity index (χ1n) is 7.29. The lowest BCUT2D eigenvalue weighted by Gasteiger charge is -2.11. The lowest BCUT2D eigenvalue weighted by atomic mass is 10.0. The average Bonchev–Trinajstić information content (AvgIpc) is 2.65. The van der Waals surface area contributed by atoms with Crippen molar-refractivity contribution in [1.29, 1.82) is 0 Å². The van der Waals surface area contributed by atoms with Gasteiger partial charge in [-0.3, -0.25) is 4.79 Å². The maximum Gasteiger partial charge on any atom is 0.275 e. The van der Waals surface area contributed by atoms with Gasteiger partial charge in [-0.2, -0.15) is 0 Å². The third-order valence-electron chi connectivity index (χ3n) is 3.46. The molecule has 0 atom stereocenters. The first-order chi connectivity index (χ1) is 11.5. The molecule has 0 aliphatic carbocycles. The molecule has 1 heterocycles. The van der Waals surface area contributed by atoms with Gasteiger partial charge in [-0.25, -0.2) is 4.99 Å². The van der Waals surface area contributed by atoms with Crippen LogP contribution in [0.15, 0.2) is 63.8 Å². The number of halogens is 2. The number of aliphatic imine (C=N–C) groups is 1. The number of rotatable bonds is 2. The number of amides is 1. The van der Waals surface area contributed by atoms with Crippen LogP contribution in [0.25, 0.3) is 0 Å². The molecule has 1 aliphatic heterocycles. The number of carbonyl (C=O) groups is 1. The lowest BCUT2D eigenvalue weighted by Crippen LogP contribution is -2.15. The smallest absolute Gasteiger partial charge is 0.275 e. The number of anilines is 1. The minimum atomic E-state index is -0.255. The van der Waals surface area contributed by atoms with Crippen LogP contribution in [0.4, 0.5) is 5.69 Å². The van der Waals surface area contributed by atoms with Gasteiger partial charge in [0.25, 0.3) is 5.91 Å². The van der Waals surface area contributed by atoms with Gasteiger partial charge < -0.3 is 10.2 Å². The molecular weight excluding hydrogens is 390 g/mol. The van der Waals surface area contributed by atoms with Crippen LogP contribution in [0.5, 0.6) is 0 Å². The summed E-state index contributed by atoms with van der Waals surface area (Å²) in [6, 6.07) is 13.1. The number of hydrogen-bond acceptors (Lipinski definition) is 3. The topological polar surface area (TPSA) is 44.7 Å². The molecule has 2 aromatic rings. The van der Waals surface area contributed by atoms with E-state index in [1.54, 1.807) is 11.1 Å². The highest BCUT2D eigenvalue weighted by Crippen LogP contribution is 2.30. The van der Waals surface area contributed by atoms with Gasteiger partial charge in [0, 0.05) is 40.9 Å². The van der Waals surface area contributed by atoms with E-state index >= 15 is 0 Å². The van der Waals surface area contributed by atoms with Crippen molar-refractivity contribution in [2.75, 3.05) is 19.4 Å². The van der Waals surface area contributed by atoms with E-state index in [2.05, 4.69) is 26.2 Å². The predicted molar refractivity (Wildman–Crippen MR) is 102 cm³/mol. The zero-order valence-electron chi connectivity index (χ0n) is 13.2. The first kappa shape index (κ1) is 16.7. The second kappa shape index (κ2) is 6.79. The minimum Gasteiger partial charge on any atom is -0.382 e. The maximum absolute atomic E-state index is 12.5. The Labute approximate surface area is 154 Å². The van der Waals surface area contributed by atoms with E-state index in [1.165, 1.54) is 0 Å². The molecule has 0 bridgehead atoms. The summed E-state index contributed by atoms with van der Waals surface area (Å²) in [5.74, 6) is -0.255. The van der Waals surface area contributed by atoms with Gasteiger partial charge in [0.2, 0.25) is 0 Å². The number of carbonyl (C=O) groups excluding carboxylic acids is 1. The highest BCUT2D eigenvalue weighted by atomic mass is 79.9. The van der Waals surface area contributed by atoms with Crippen LogP contribution >= 0.6 is 27.5 Å². The van der Waals surface area contributed by atoms with Crippen molar-refractivity contribution in [2.45, 2.75) is 0 Å². The molecule has 0 aromatic heterocycles. The molecule has 0 saturated heterocycles. The normalized spacial score (nSPS) is 15.4. The van der Waals surface area contributed by atoms with Crippen LogP contribution in [0.3, 0.4) is 0 Å². The largest absolute Gasteiger partial charge is 0.382 e. The van der Waals surface area contributed by atoms with Gasteiger partial charge in [-0.1, -0.05) is 45.7 Å². The molecule has 0 radical (unpaired) electrons. The number of fused-ring (bicyclic) bond motifs is 1. The van der Waals surface area contributed by atoms with Crippen molar-refractivity contribution >= 4 is 44.8 Å². The number of nitrogens with zero attached hydrogens (tertiary/aromatic N) is 2. The Balaban J connectivity index is 2.29. The maximum atomic E-state index is 12.5. The molecule has 0 unspecified atom stereocenters. The summed E-state index contributed by atoms with van der Waals surface area (Å²) in [7, 11) is 3.69. The summed E-state index contributed by atoms with van der Waals surface area (Å²) < 4.78 is 0.898. The van der Waals surface area contributed by atoms with Crippen molar-refractivity contribution < 1.29 is 4.79 Å². The van der Waals surface area contributed by atoms with Crippen LogP contribution in [0, 0.1) is 0 Å². The fraction of sp³-hybridized carbons (Fsp3) is 0.111.